The smallest absolute Gasteiger partial charge is 0.0162 e. The van der Waals surface area contributed by atoms with Crippen LogP contribution in [0.3, 0.4) is 0 Å². The molecule has 14 heavy (non-hydrogen) atoms. The lowest BCUT2D eigenvalue weighted by Gasteiger charge is -2.14. The molecule has 0 amide bonds. The fourth-order valence-electron chi connectivity index (χ4n) is 2.55. The van der Waals surface area contributed by atoms with Gasteiger partial charge in [-0.05, 0) is 30.2 Å². The average molecular weight is 188 g/mol. The van der Waals surface area contributed by atoms with Crippen LogP contribution in [0.2, 0.25) is 0 Å². The Kier molecular flexibility index (Phi) is 3.23. The van der Waals surface area contributed by atoms with E-state index in [0.29, 0.717) is 0 Å². The van der Waals surface area contributed by atoms with Crippen molar-refractivity contribution in [2.45, 2.75) is 44.9 Å². The molecule has 1 aromatic carbocycles. The molecule has 2 rings (SSSR count). The molecule has 1 aromatic rings. The lowest BCUT2D eigenvalue weighted by molar-refractivity contribution is 0.499. The first-order valence-electron chi connectivity index (χ1n) is 5.91. The summed E-state index contributed by atoms with van der Waals surface area (Å²) < 4.78 is 0. The van der Waals surface area contributed by atoms with Crippen LogP contribution in [0.25, 0.3) is 0 Å². The van der Waals surface area contributed by atoms with Gasteiger partial charge in [-0.25, -0.2) is 0 Å². The zero-order valence-electron chi connectivity index (χ0n) is 9.08. The van der Waals surface area contributed by atoms with Gasteiger partial charge in [0.15, 0.2) is 0 Å². The molecule has 0 nitrogen and oxygen atoms in total. The molecule has 0 radical (unpaired) electrons. The van der Waals surface area contributed by atoms with Gasteiger partial charge in [0.1, 0.15) is 0 Å². The summed E-state index contributed by atoms with van der Waals surface area (Å²) in [6.45, 7) is 2.40. The fourth-order valence-corrected chi connectivity index (χ4v) is 2.55. The molecule has 0 heterocycles. The van der Waals surface area contributed by atoms with Gasteiger partial charge in [-0.1, -0.05) is 56.5 Å². The van der Waals surface area contributed by atoms with Gasteiger partial charge < -0.3 is 0 Å². The maximum absolute atomic E-state index is 2.40. The molecule has 0 spiro atoms. The second-order valence-corrected chi connectivity index (χ2v) is 4.72. The minimum absolute atomic E-state index is 0.834. The van der Waals surface area contributed by atoms with E-state index in [2.05, 4.69) is 37.3 Å². The highest BCUT2D eigenvalue weighted by Crippen LogP contribution is 2.33. The molecule has 0 saturated heterocycles. The Labute approximate surface area is 87.3 Å². The first kappa shape index (κ1) is 9.76. The van der Waals surface area contributed by atoms with Crippen molar-refractivity contribution in [1.29, 1.82) is 0 Å². The Balaban J connectivity index is 2.04. The van der Waals surface area contributed by atoms with Crippen molar-refractivity contribution >= 4 is 0 Å². The number of rotatable bonds is 1. The van der Waals surface area contributed by atoms with Crippen molar-refractivity contribution in [3.63, 3.8) is 0 Å². The highest BCUT2D eigenvalue weighted by atomic mass is 14.2. The fraction of sp³-hybridized carbons (Fsp3) is 0.571. The van der Waals surface area contributed by atoms with Crippen molar-refractivity contribution in [3.8, 4) is 0 Å². The summed E-state index contributed by atoms with van der Waals surface area (Å²) >= 11 is 0. The lowest BCUT2D eigenvalue weighted by atomic mass is 9.91. The van der Waals surface area contributed by atoms with Crippen molar-refractivity contribution in [1.82, 2.24) is 0 Å². The molecule has 0 N–H and O–H groups in total. The van der Waals surface area contributed by atoms with E-state index in [4.69, 9.17) is 0 Å². The quantitative estimate of drug-likeness (QED) is 0.574. The second-order valence-electron chi connectivity index (χ2n) is 4.72. The van der Waals surface area contributed by atoms with Gasteiger partial charge in [-0.2, -0.15) is 0 Å². The summed E-state index contributed by atoms with van der Waals surface area (Å²) in [5.74, 6) is 1.78. The van der Waals surface area contributed by atoms with E-state index in [1.807, 2.05) is 0 Å². The van der Waals surface area contributed by atoms with Crippen LogP contribution < -0.4 is 0 Å². The van der Waals surface area contributed by atoms with Crippen LogP contribution in [-0.4, -0.2) is 0 Å². The van der Waals surface area contributed by atoms with Crippen molar-refractivity contribution in [2.75, 3.05) is 0 Å². The molecular weight excluding hydrogens is 168 g/mol. The third-order valence-electron chi connectivity index (χ3n) is 3.53. The second kappa shape index (κ2) is 4.63. The zero-order chi connectivity index (χ0) is 9.80. The van der Waals surface area contributed by atoms with Gasteiger partial charge in [0.2, 0.25) is 0 Å². The zero-order valence-corrected chi connectivity index (χ0v) is 9.08. The van der Waals surface area contributed by atoms with E-state index < -0.39 is 0 Å². The monoisotopic (exact) mass is 188 g/mol. The Bertz CT molecular complexity index is 263. The predicted octanol–water partition coefficient (Wildman–Crippen LogP) is 4.37. The molecule has 1 saturated carbocycles. The molecule has 0 bridgehead atoms. The number of hydrogen-bond acceptors (Lipinski definition) is 0. The van der Waals surface area contributed by atoms with Crippen LogP contribution in [0.4, 0.5) is 0 Å². The summed E-state index contributed by atoms with van der Waals surface area (Å²) in [6, 6.07) is 11.0. The van der Waals surface area contributed by atoms with E-state index in [1.54, 1.807) is 5.56 Å². The molecule has 1 aliphatic rings. The maximum atomic E-state index is 2.40. The Morgan fingerprint density at radius 3 is 2.50 bits per heavy atom. The third-order valence-corrected chi connectivity index (χ3v) is 3.53. The van der Waals surface area contributed by atoms with Crippen molar-refractivity contribution < 1.29 is 0 Å². The first-order valence-corrected chi connectivity index (χ1v) is 5.91. The molecule has 2 unspecified atom stereocenters. The van der Waals surface area contributed by atoms with Crippen molar-refractivity contribution in [3.05, 3.63) is 35.9 Å². The Morgan fingerprint density at radius 2 is 1.71 bits per heavy atom. The standard InChI is InChI=1S/C14H20/c1-12-6-5-9-14(11-10-12)13-7-3-2-4-8-13/h2-4,7-8,12,14H,5-6,9-11H2,1H3. The molecule has 76 valence electrons. The molecule has 0 heteroatoms. The summed E-state index contributed by atoms with van der Waals surface area (Å²) in [7, 11) is 0. The lowest BCUT2D eigenvalue weighted by Crippen LogP contribution is -1.97. The van der Waals surface area contributed by atoms with Gasteiger partial charge in [0.05, 0.1) is 0 Å². The largest absolute Gasteiger partial charge is 0.0625 e. The molecule has 0 aliphatic heterocycles. The van der Waals surface area contributed by atoms with Crippen molar-refractivity contribution in [2.24, 2.45) is 5.92 Å². The normalized spacial score (nSPS) is 28.4. The molecule has 1 aliphatic carbocycles. The van der Waals surface area contributed by atoms with Gasteiger partial charge in [0.25, 0.3) is 0 Å². The third kappa shape index (κ3) is 2.37. The summed E-state index contributed by atoms with van der Waals surface area (Å²) in [4.78, 5) is 0. The topological polar surface area (TPSA) is 0 Å². The van der Waals surface area contributed by atoms with Crippen LogP contribution in [0.5, 0.6) is 0 Å². The Morgan fingerprint density at radius 1 is 0.929 bits per heavy atom. The van der Waals surface area contributed by atoms with Crippen LogP contribution in [0.1, 0.15) is 50.5 Å². The maximum Gasteiger partial charge on any atom is -0.0162 e. The highest BCUT2D eigenvalue weighted by Gasteiger charge is 2.16. The van der Waals surface area contributed by atoms with Crippen LogP contribution >= 0.6 is 0 Å². The van der Waals surface area contributed by atoms with E-state index >= 15 is 0 Å². The van der Waals surface area contributed by atoms with Crippen LogP contribution in [0.15, 0.2) is 30.3 Å². The molecule has 0 aromatic heterocycles. The predicted molar refractivity (Wildman–Crippen MR) is 61.4 cm³/mol. The van der Waals surface area contributed by atoms with E-state index in [9.17, 15) is 0 Å². The summed E-state index contributed by atoms with van der Waals surface area (Å²) in [5, 5.41) is 0. The highest BCUT2D eigenvalue weighted by molar-refractivity contribution is 5.19. The van der Waals surface area contributed by atoms with Gasteiger partial charge in [-0.15, -0.1) is 0 Å². The van der Waals surface area contributed by atoms with Gasteiger partial charge >= 0.3 is 0 Å². The minimum atomic E-state index is 0.834. The summed E-state index contributed by atoms with van der Waals surface area (Å²) in [6.07, 6.45) is 7.06. The minimum Gasteiger partial charge on any atom is -0.0625 e. The van der Waals surface area contributed by atoms with Crippen LogP contribution in [0, 0.1) is 5.92 Å². The van der Waals surface area contributed by atoms with Crippen LogP contribution in [-0.2, 0) is 0 Å². The van der Waals surface area contributed by atoms with E-state index in [-0.39, 0.29) is 0 Å². The SMILES string of the molecule is CC1CCCC(c2ccccc2)CC1. The average Bonchev–Trinajstić information content (AvgIpc) is 2.44. The van der Waals surface area contributed by atoms with E-state index in [1.165, 1.54) is 32.1 Å². The van der Waals surface area contributed by atoms with E-state index in [0.717, 1.165) is 11.8 Å². The Hall–Kier alpha value is -0.780. The first-order chi connectivity index (χ1) is 6.86. The molecule has 2 atom stereocenters. The summed E-state index contributed by atoms with van der Waals surface area (Å²) in [5.41, 5.74) is 1.56. The molecular formula is C14H20. The number of hydrogen-bond donors (Lipinski definition) is 0. The molecule has 1 fully saturated rings. The number of benzene rings is 1. The van der Waals surface area contributed by atoms with Gasteiger partial charge in [0, 0.05) is 0 Å². The van der Waals surface area contributed by atoms with Gasteiger partial charge in [-0.3, -0.25) is 0 Å².